The molecule has 0 aromatic carbocycles. The first-order chi connectivity index (χ1) is 12.3. The molecule has 0 amide bonds. The number of carbonyl (C=O) groups is 1. The van der Waals surface area contributed by atoms with Gasteiger partial charge in [0.15, 0.2) is 0 Å². The van der Waals surface area contributed by atoms with Gasteiger partial charge in [-0.1, -0.05) is 20.8 Å². The molecule has 4 fully saturated rings. The number of fused-ring (bicyclic) bond motifs is 4. The molecule has 9 atom stereocenters. The van der Waals surface area contributed by atoms with Crippen LogP contribution in [0, 0.1) is 23.2 Å². The minimum atomic E-state index is -0.715. The van der Waals surface area contributed by atoms with Crippen molar-refractivity contribution in [2.24, 2.45) is 23.2 Å². The zero-order valence-corrected chi connectivity index (χ0v) is 15.4. The molecule has 6 heteroatoms. The van der Waals surface area contributed by atoms with Crippen LogP contribution in [0.25, 0.3) is 0 Å². The number of hydrogen-bond acceptors (Lipinski definition) is 6. The fraction of sp³-hybridized carbons (Fsp3) is 0.850. The Morgan fingerprint density at radius 1 is 1.23 bits per heavy atom. The van der Waals surface area contributed by atoms with Crippen molar-refractivity contribution in [3.05, 3.63) is 11.1 Å². The second kappa shape index (κ2) is 4.37. The largest absolute Gasteiger partial charge is 0.458 e. The summed E-state index contributed by atoms with van der Waals surface area (Å²) in [6.45, 7) is 6.65. The molecule has 6 aliphatic rings. The maximum Gasteiger partial charge on any atom is 0.334 e. The molecular formula is C20H26O6. The molecule has 2 saturated carbocycles. The molecule has 6 nitrogen and oxygen atoms in total. The zero-order chi connectivity index (χ0) is 18.2. The van der Waals surface area contributed by atoms with Crippen LogP contribution >= 0.6 is 0 Å². The molecule has 0 bridgehead atoms. The maximum absolute atomic E-state index is 12.0. The van der Waals surface area contributed by atoms with Gasteiger partial charge in [-0.2, -0.15) is 0 Å². The van der Waals surface area contributed by atoms with Crippen molar-refractivity contribution in [1.82, 2.24) is 0 Å². The summed E-state index contributed by atoms with van der Waals surface area (Å²) < 4.78 is 17.5. The summed E-state index contributed by atoms with van der Waals surface area (Å²) in [4.78, 5) is 12.0. The lowest BCUT2D eigenvalue weighted by Gasteiger charge is -2.56. The van der Waals surface area contributed by atoms with Gasteiger partial charge in [-0.15, -0.1) is 0 Å². The number of aliphatic hydroxyl groups excluding tert-OH is 2. The van der Waals surface area contributed by atoms with Crippen molar-refractivity contribution in [2.45, 2.75) is 75.7 Å². The highest BCUT2D eigenvalue weighted by Crippen LogP contribution is 2.74. The normalized spacial score (nSPS) is 59.1. The van der Waals surface area contributed by atoms with Gasteiger partial charge in [0.05, 0.1) is 12.2 Å². The third-order valence-corrected chi connectivity index (χ3v) is 8.69. The Morgan fingerprint density at radius 3 is 2.73 bits per heavy atom. The Bertz CT molecular complexity index is 759. The predicted molar refractivity (Wildman–Crippen MR) is 89.0 cm³/mol. The number of aliphatic hydroxyl groups is 2. The molecule has 0 aromatic heterocycles. The number of epoxide rings is 2. The van der Waals surface area contributed by atoms with E-state index in [1.807, 2.05) is 13.8 Å². The summed E-state index contributed by atoms with van der Waals surface area (Å²) >= 11 is 0. The number of carbonyl (C=O) groups excluding carboxylic acids is 1. The number of cyclic esters (lactones) is 1. The number of rotatable bonds is 1. The fourth-order valence-electron chi connectivity index (χ4n) is 7.34. The molecule has 3 aliphatic heterocycles. The molecule has 0 aromatic rings. The van der Waals surface area contributed by atoms with Crippen LogP contribution in [0.4, 0.5) is 0 Å². The summed E-state index contributed by atoms with van der Waals surface area (Å²) in [6, 6.07) is 0. The van der Waals surface area contributed by atoms with Gasteiger partial charge in [-0.25, -0.2) is 4.79 Å². The van der Waals surface area contributed by atoms with E-state index in [9.17, 15) is 15.0 Å². The second-order valence-corrected chi connectivity index (χ2v) is 9.75. The predicted octanol–water partition coefficient (Wildman–Crippen LogP) is 0.943. The first-order valence-electron chi connectivity index (χ1n) is 9.89. The van der Waals surface area contributed by atoms with Crippen LogP contribution in [-0.2, 0) is 19.0 Å². The van der Waals surface area contributed by atoms with E-state index in [1.165, 1.54) is 0 Å². The lowest BCUT2D eigenvalue weighted by Crippen LogP contribution is -2.67. The van der Waals surface area contributed by atoms with E-state index in [1.54, 1.807) is 0 Å². The van der Waals surface area contributed by atoms with E-state index >= 15 is 0 Å². The van der Waals surface area contributed by atoms with Crippen molar-refractivity contribution >= 4 is 5.97 Å². The van der Waals surface area contributed by atoms with Crippen LogP contribution in [0.1, 0.15) is 40.0 Å². The molecule has 1 spiro atoms. The lowest BCUT2D eigenvalue weighted by molar-refractivity contribution is -0.137. The molecule has 2 N–H and O–H groups in total. The third-order valence-electron chi connectivity index (χ3n) is 8.69. The van der Waals surface area contributed by atoms with E-state index in [2.05, 4.69) is 6.92 Å². The van der Waals surface area contributed by atoms with Crippen molar-refractivity contribution in [2.75, 3.05) is 6.61 Å². The highest BCUT2D eigenvalue weighted by atomic mass is 16.7. The van der Waals surface area contributed by atoms with Crippen molar-refractivity contribution in [3.63, 3.8) is 0 Å². The van der Waals surface area contributed by atoms with Gasteiger partial charge >= 0.3 is 5.97 Å². The quantitative estimate of drug-likeness (QED) is 0.533. The summed E-state index contributed by atoms with van der Waals surface area (Å²) in [5.41, 5.74) is 0.329. The van der Waals surface area contributed by atoms with Crippen LogP contribution in [0.5, 0.6) is 0 Å². The Morgan fingerprint density at radius 2 is 2.00 bits per heavy atom. The fourth-order valence-corrected chi connectivity index (χ4v) is 7.34. The molecule has 3 aliphatic carbocycles. The minimum Gasteiger partial charge on any atom is -0.458 e. The monoisotopic (exact) mass is 362 g/mol. The Hall–Kier alpha value is -0.950. The Kier molecular flexibility index (Phi) is 2.70. The maximum atomic E-state index is 12.0. The average molecular weight is 362 g/mol. The third kappa shape index (κ3) is 1.45. The highest BCUT2D eigenvalue weighted by Gasteiger charge is 2.87. The first-order valence-corrected chi connectivity index (χ1v) is 9.89. The van der Waals surface area contributed by atoms with Crippen molar-refractivity contribution < 1.29 is 29.2 Å². The van der Waals surface area contributed by atoms with E-state index in [0.717, 1.165) is 24.0 Å². The van der Waals surface area contributed by atoms with Crippen LogP contribution in [0.3, 0.4) is 0 Å². The molecule has 142 valence electrons. The van der Waals surface area contributed by atoms with E-state index in [-0.39, 0.29) is 41.3 Å². The van der Waals surface area contributed by atoms with Gasteiger partial charge in [0.2, 0.25) is 0 Å². The van der Waals surface area contributed by atoms with E-state index in [0.29, 0.717) is 13.0 Å². The molecule has 3 heterocycles. The van der Waals surface area contributed by atoms with Crippen LogP contribution in [-0.4, -0.2) is 58.4 Å². The van der Waals surface area contributed by atoms with Gasteiger partial charge in [-0.3, -0.25) is 0 Å². The summed E-state index contributed by atoms with van der Waals surface area (Å²) in [5.74, 6) is -0.0816. The minimum absolute atomic E-state index is 0.0847. The molecule has 0 radical (unpaired) electrons. The standard InChI is InChI=1S/C20H26O6/c1-8(2)19-15(26-19)13(21)14-18(3)5-4-9-10(7-24-16(9)22)11(18)6-12-20(14,25-12)17(19)23/h8,11-15,17,21,23H,4-7H2,1-3H3/t11-,12-,13+,14?,15-,17+,18-,19-,20-/m0/s1. The summed E-state index contributed by atoms with van der Waals surface area (Å²) in [5, 5.41) is 22.6. The SMILES string of the molecule is CC(C)[C@]12O[C@H]1[C@H](O)C1[C@]3(O[C@H]3C[C@H]3C4=C(CC[C@]13C)C(=O)OC4)[C@@H]2O. The molecular weight excluding hydrogens is 336 g/mol. The van der Waals surface area contributed by atoms with Gasteiger partial charge in [0.25, 0.3) is 0 Å². The molecule has 1 unspecified atom stereocenters. The Labute approximate surface area is 152 Å². The van der Waals surface area contributed by atoms with Crippen LogP contribution in [0.2, 0.25) is 0 Å². The number of esters is 1. The second-order valence-electron chi connectivity index (χ2n) is 9.75. The summed E-state index contributed by atoms with van der Waals surface area (Å²) in [7, 11) is 0. The molecule has 26 heavy (non-hydrogen) atoms. The molecule has 6 rings (SSSR count). The van der Waals surface area contributed by atoms with Gasteiger partial charge in [-0.05, 0) is 42.1 Å². The van der Waals surface area contributed by atoms with Gasteiger partial charge < -0.3 is 24.4 Å². The zero-order valence-electron chi connectivity index (χ0n) is 15.4. The molecule has 2 saturated heterocycles. The van der Waals surface area contributed by atoms with Crippen LogP contribution < -0.4 is 0 Å². The van der Waals surface area contributed by atoms with Gasteiger partial charge in [0, 0.05) is 11.5 Å². The van der Waals surface area contributed by atoms with Crippen molar-refractivity contribution in [1.29, 1.82) is 0 Å². The topological polar surface area (TPSA) is 91.8 Å². The first kappa shape index (κ1) is 16.0. The Balaban J connectivity index is 1.46. The van der Waals surface area contributed by atoms with Gasteiger partial charge in [0.1, 0.15) is 30.0 Å². The highest BCUT2D eigenvalue weighted by molar-refractivity contribution is 5.92. The van der Waals surface area contributed by atoms with E-state index < -0.39 is 23.4 Å². The lowest BCUT2D eigenvalue weighted by atomic mass is 9.46. The smallest absolute Gasteiger partial charge is 0.334 e. The van der Waals surface area contributed by atoms with E-state index in [4.69, 9.17) is 14.2 Å². The number of ether oxygens (including phenoxy) is 3. The average Bonchev–Trinajstić information content (AvgIpc) is 3.46. The van der Waals surface area contributed by atoms with Crippen molar-refractivity contribution in [3.8, 4) is 0 Å². The number of hydrogen-bond donors (Lipinski definition) is 2. The van der Waals surface area contributed by atoms with Crippen LogP contribution in [0.15, 0.2) is 11.1 Å². The summed E-state index contributed by atoms with van der Waals surface area (Å²) in [6.07, 6.45) is 0.489.